The summed E-state index contributed by atoms with van der Waals surface area (Å²) in [4.78, 5) is 24.5. The average molecular weight is 314 g/mol. The van der Waals surface area contributed by atoms with Crippen molar-refractivity contribution in [3.8, 4) is 5.75 Å². The molecule has 6 nitrogen and oxygen atoms in total. The molecule has 0 bridgehead atoms. The molecule has 1 aliphatic rings. The molecule has 0 spiro atoms. The second-order valence-corrected chi connectivity index (χ2v) is 5.00. The molecule has 1 aliphatic heterocycles. The molecule has 1 N–H and O–H groups in total. The van der Waals surface area contributed by atoms with E-state index in [4.69, 9.17) is 26.2 Å². The van der Waals surface area contributed by atoms with Crippen LogP contribution in [-0.2, 0) is 14.3 Å². The number of amides is 1. The monoisotopic (exact) mass is 313 g/mol. The standard InChI is InChI=1S/C14H16ClNO5/c15-10-1-3-11(4-2-10)21-7-5-13(17)16-6-8-20-9-12(16)14(18)19/h1-4,12H,5-9H2,(H,18,19). The highest BCUT2D eigenvalue weighted by Crippen LogP contribution is 2.16. The van der Waals surface area contributed by atoms with E-state index >= 15 is 0 Å². The van der Waals surface area contributed by atoms with Gasteiger partial charge in [0.1, 0.15) is 5.75 Å². The second kappa shape index (κ2) is 7.28. The van der Waals surface area contributed by atoms with Gasteiger partial charge in [-0.05, 0) is 24.3 Å². The Hall–Kier alpha value is -1.79. The fourth-order valence-corrected chi connectivity index (χ4v) is 2.16. The fraction of sp³-hybridized carbons (Fsp3) is 0.429. The maximum Gasteiger partial charge on any atom is 0.328 e. The normalized spacial score (nSPS) is 18.3. The Labute approximate surface area is 127 Å². The molecule has 1 aromatic carbocycles. The molecule has 21 heavy (non-hydrogen) atoms. The average Bonchev–Trinajstić information content (AvgIpc) is 2.49. The number of hydrogen-bond donors (Lipinski definition) is 1. The third-order valence-electron chi connectivity index (χ3n) is 3.13. The first kappa shape index (κ1) is 15.6. The molecule has 1 atom stereocenters. The van der Waals surface area contributed by atoms with Crippen LogP contribution >= 0.6 is 11.6 Å². The zero-order valence-electron chi connectivity index (χ0n) is 11.3. The van der Waals surface area contributed by atoms with Crippen LogP contribution in [0.15, 0.2) is 24.3 Å². The summed E-state index contributed by atoms with van der Waals surface area (Å²) >= 11 is 5.76. The van der Waals surface area contributed by atoms with Gasteiger partial charge in [0, 0.05) is 11.6 Å². The molecule has 0 aliphatic carbocycles. The highest BCUT2D eigenvalue weighted by molar-refractivity contribution is 6.30. The van der Waals surface area contributed by atoms with Gasteiger partial charge in [-0.1, -0.05) is 11.6 Å². The highest BCUT2D eigenvalue weighted by atomic mass is 35.5. The summed E-state index contributed by atoms with van der Waals surface area (Å²) in [6.45, 7) is 0.855. The number of rotatable bonds is 5. The molecule has 1 fully saturated rings. The molecule has 1 amide bonds. The topological polar surface area (TPSA) is 76.1 Å². The van der Waals surface area contributed by atoms with E-state index in [0.29, 0.717) is 17.4 Å². The Balaban J connectivity index is 1.83. The zero-order chi connectivity index (χ0) is 15.2. The lowest BCUT2D eigenvalue weighted by atomic mass is 10.2. The summed E-state index contributed by atoms with van der Waals surface area (Å²) in [7, 11) is 0. The lowest BCUT2D eigenvalue weighted by Crippen LogP contribution is -2.52. The summed E-state index contributed by atoms with van der Waals surface area (Å²) in [6, 6.07) is 5.90. The summed E-state index contributed by atoms with van der Waals surface area (Å²) < 4.78 is 10.5. The van der Waals surface area contributed by atoms with Gasteiger partial charge in [0.2, 0.25) is 5.91 Å². The van der Waals surface area contributed by atoms with Crippen LogP contribution in [0.1, 0.15) is 6.42 Å². The number of halogens is 1. The maximum absolute atomic E-state index is 12.1. The minimum absolute atomic E-state index is 0.0269. The molecule has 7 heteroatoms. The number of ether oxygens (including phenoxy) is 2. The van der Waals surface area contributed by atoms with Crippen molar-refractivity contribution in [2.45, 2.75) is 12.5 Å². The van der Waals surface area contributed by atoms with Gasteiger partial charge >= 0.3 is 5.97 Å². The lowest BCUT2D eigenvalue weighted by Gasteiger charge is -2.32. The van der Waals surface area contributed by atoms with Gasteiger partial charge < -0.3 is 19.5 Å². The number of hydrogen-bond acceptors (Lipinski definition) is 4. The van der Waals surface area contributed by atoms with Crippen LogP contribution in [0.5, 0.6) is 5.75 Å². The van der Waals surface area contributed by atoms with Crippen molar-refractivity contribution >= 4 is 23.5 Å². The predicted molar refractivity (Wildman–Crippen MR) is 75.5 cm³/mol. The van der Waals surface area contributed by atoms with E-state index in [1.807, 2.05) is 0 Å². The molecule has 1 saturated heterocycles. The van der Waals surface area contributed by atoms with Gasteiger partial charge in [-0.15, -0.1) is 0 Å². The number of morpholine rings is 1. The SMILES string of the molecule is O=C(O)C1COCCN1C(=O)CCOc1ccc(Cl)cc1. The van der Waals surface area contributed by atoms with Gasteiger partial charge in [0.25, 0.3) is 0 Å². The van der Waals surface area contributed by atoms with Gasteiger partial charge in [-0.2, -0.15) is 0 Å². The minimum atomic E-state index is -1.05. The number of benzene rings is 1. The molecular formula is C14H16ClNO5. The largest absolute Gasteiger partial charge is 0.493 e. The molecule has 1 heterocycles. The number of carboxylic acids is 1. The zero-order valence-corrected chi connectivity index (χ0v) is 12.1. The molecule has 1 unspecified atom stereocenters. The van der Waals surface area contributed by atoms with Crippen LogP contribution < -0.4 is 4.74 Å². The minimum Gasteiger partial charge on any atom is -0.493 e. The van der Waals surface area contributed by atoms with Crippen LogP contribution in [0.4, 0.5) is 0 Å². The first-order valence-electron chi connectivity index (χ1n) is 6.56. The van der Waals surface area contributed by atoms with Crippen molar-refractivity contribution in [2.75, 3.05) is 26.4 Å². The number of carboxylic acid groups (broad SMARTS) is 1. The van der Waals surface area contributed by atoms with Gasteiger partial charge in [-0.25, -0.2) is 4.79 Å². The fourth-order valence-electron chi connectivity index (χ4n) is 2.04. The van der Waals surface area contributed by atoms with Gasteiger partial charge in [-0.3, -0.25) is 4.79 Å². The number of carbonyl (C=O) groups is 2. The maximum atomic E-state index is 12.1. The third-order valence-corrected chi connectivity index (χ3v) is 3.38. The lowest BCUT2D eigenvalue weighted by molar-refractivity contribution is -0.158. The van der Waals surface area contributed by atoms with Crippen molar-refractivity contribution in [3.63, 3.8) is 0 Å². The van der Waals surface area contributed by atoms with Crippen LogP contribution in [0.3, 0.4) is 0 Å². The van der Waals surface area contributed by atoms with E-state index in [0.717, 1.165) is 0 Å². The number of carbonyl (C=O) groups excluding carboxylic acids is 1. The molecule has 0 radical (unpaired) electrons. The summed E-state index contributed by atoms with van der Waals surface area (Å²) in [5.74, 6) is -0.690. The van der Waals surface area contributed by atoms with Crippen molar-refractivity contribution < 1.29 is 24.2 Å². The first-order valence-corrected chi connectivity index (χ1v) is 6.94. The third kappa shape index (κ3) is 4.34. The molecule has 114 valence electrons. The van der Waals surface area contributed by atoms with E-state index in [1.54, 1.807) is 24.3 Å². The van der Waals surface area contributed by atoms with Crippen molar-refractivity contribution in [1.82, 2.24) is 4.90 Å². The second-order valence-electron chi connectivity index (χ2n) is 4.57. The van der Waals surface area contributed by atoms with Crippen LogP contribution in [0.2, 0.25) is 5.02 Å². The van der Waals surface area contributed by atoms with Crippen LogP contribution in [0.25, 0.3) is 0 Å². The van der Waals surface area contributed by atoms with Gasteiger partial charge in [0.05, 0.1) is 26.2 Å². The van der Waals surface area contributed by atoms with E-state index < -0.39 is 12.0 Å². The summed E-state index contributed by atoms with van der Waals surface area (Å²) in [5, 5.41) is 9.68. The molecule has 0 saturated carbocycles. The van der Waals surface area contributed by atoms with Crippen molar-refractivity contribution in [3.05, 3.63) is 29.3 Å². The van der Waals surface area contributed by atoms with E-state index in [-0.39, 0.29) is 32.1 Å². The van der Waals surface area contributed by atoms with E-state index in [9.17, 15) is 9.59 Å². The van der Waals surface area contributed by atoms with Crippen molar-refractivity contribution in [2.24, 2.45) is 0 Å². The first-order chi connectivity index (χ1) is 10.1. The summed E-state index contributed by atoms with van der Waals surface area (Å²) in [5.41, 5.74) is 0. The Morgan fingerprint density at radius 1 is 1.38 bits per heavy atom. The number of nitrogens with zero attached hydrogens (tertiary/aromatic N) is 1. The van der Waals surface area contributed by atoms with E-state index in [2.05, 4.69) is 0 Å². The van der Waals surface area contributed by atoms with Crippen LogP contribution in [0, 0.1) is 0 Å². The Morgan fingerprint density at radius 3 is 2.76 bits per heavy atom. The Bertz CT molecular complexity index is 505. The molecule has 2 rings (SSSR count). The number of aliphatic carboxylic acids is 1. The molecule has 1 aromatic rings. The Morgan fingerprint density at radius 2 is 2.10 bits per heavy atom. The molecular weight excluding hydrogens is 298 g/mol. The predicted octanol–water partition coefficient (Wildman–Crippen LogP) is 1.42. The highest BCUT2D eigenvalue weighted by Gasteiger charge is 2.32. The van der Waals surface area contributed by atoms with Crippen molar-refractivity contribution in [1.29, 1.82) is 0 Å². The molecule has 0 aromatic heterocycles. The van der Waals surface area contributed by atoms with Crippen LogP contribution in [-0.4, -0.2) is 54.3 Å². The quantitative estimate of drug-likeness (QED) is 0.889. The van der Waals surface area contributed by atoms with E-state index in [1.165, 1.54) is 4.90 Å². The van der Waals surface area contributed by atoms with Gasteiger partial charge in [0.15, 0.2) is 6.04 Å². The summed E-state index contributed by atoms with van der Waals surface area (Å²) in [6.07, 6.45) is 0.117. The Kier molecular flexibility index (Phi) is 5.41. The smallest absolute Gasteiger partial charge is 0.328 e.